The van der Waals surface area contributed by atoms with Crippen molar-refractivity contribution in [1.29, 1.82) is 0 Å². The molecule has 108 valence electrons. The first-order valence-corrected chi connectivity index (χ1v) is 6.27. The Labute approximate surface area is 120 Å². The molecule has 3 heterocycles. The van der Waals surface area contributed by atoms with Crippen LogP contribution in [0.3, 0.4) is 0 Å². The molecule has 0 fully saturated rings. The Morgan fingerprint density at radius 2 is 2.24 bits per heavy atom. The molecule has 0 bridgehead atoms. The van der Waals surface area contributed by atoms with Gasteiger partial charge in [0.2, 0.25) is 5.91 Å². The molecule has 3 rings (SSSR count). The fourth-order valence-electron chi connectivity index (χ4n) is 1.80. The van der Waals surface area contributed by atoms with Gasteiger partial charge in [-0.2, -0.15) is 10.2 Å². The van der Waals surface area contributed by atoms with Crippen molar-refractivity contribution in [3.63, 3.8) is 0 Å². The minimum atomic E-state index is -0.0242. The first-order chi connectivity index (χ1) is 10.1. The fourth-order valence-corrected chi connectivity index (χ4v) is 1.80. The van der Waals surface area contributed by atoms with E-state index in [0.717, 1.165) is 11.1 Å². The Kier molecular flexibility index (Phi) is 3.22. The molecule has 9 nitrogen and oxygen atoms in total. The number of hydrogen-bond donors (Lipinski definition) is 2. The van der Waals surface area contributed by atoms with E-state index in [-0.39, 0.29) is 12.5 Å². The predicted octanol–water partition coefficient (Wildman–Crippen LogP) is 0.381. The van der Waals surface area contributed by atoms with E-state index in [1.807, 2.05) is 0 Å². The van der Waals surface area contributed by atoms with Gasteiger partial charge < -0.3 is 10.2 Å². The maximum atomic E-state index is 11.6. The standard InChI is InChI=1S/C12H14N8O/c1-19(2)10(21)6-20-5-8(3-16-20)17-11-9-4-15-18-12(9)14-7-13-11/h3-5,7H,6H2,1-2H3,(H2,13,14,15,17,18). The van der Waals surface area contributed by atoms with Crippen LogP contribution in [0, 0.1) is 0 Å². The number of carbonyl (C=O) groups is 1. The summed E-state index contributed by atoms with van der Waals surface area (Å²) < 4.78 is 1.57. The fraction of sp³-hybridized carbons (Fsp3) is 0.250. The normalized spacial score (nSPS) is 10.8. The summed E-state index contributed by atoms with van der Waals surface area (Å²) in [7, 11) is 3.42. The first kappa shape index (κ1) is 13.0. The minimum absolute atomic E-state index is 0.0242. The van der Waals surface area contributed by atoms with Crippen molar-refractivity contribution in [2.24, 2.45) is 0 Å². The maximum Gasteiger partial charge on any atom is 0.243 e. The molecule has 0 aliphatic heterocycles. The quantitative estimate of drug-likeness (QED) is 0.718. The van der Waals surface area contributed by atoms with Crippen molar-refractivity contribution in [3.05, 3.63) is 24.9 Å². The number of aromatic nitrogens is 6. The van der Waals surface area contributed by atoms with Crippen LogP contribution >= 0.6 is 0 Å². The van der Waals surface area contributed by atoms with E-state index >= 15 is 0 Å². The van der Waals surface area contributed by atoms with Crippen molar-refractivity contribution < 1.29 is 4.79 Å². The number of nitrogens with zero attached hydrogens (tertiary/aromatic N) is 6. The van der Waals surface area contributed by atoms with Crippen LogP contribution in [0.2, 0.25) is 0 Å². The van der Waals surface area contributed by atoms with E-state index in [4.69, 9.17) is 0 Å². The van der Waals surface area contributed by atoms with Gasteiger partial charge in [-0.25, -0.2) is 9.97 Å². The second-order valence-electron chi connectivity index (χ2n) is 4.69. The summed E-state index contributed by atoms with van der Waals surface area (Å²) in [6.45, 7) is 0.194. The molecule has 2 N–H and O–H groups in total. The minimum Gasteiger partial charge on any atom is -0.347 e. The molecule has 0 saturated carbocycles. The molecule has 0 atom stereocenters. The van der Waals surface area contributed by atoms with Gasteiger partial charge in [0.05, 0.1) is 23.5 Å². The van der Waals surface area contributed by atoms with E-state index in [1.165, 1.54) is 11.2 Å². The molecule has 0 radical (unpaired) electrons. The van der Waals surface area contributed by atoms with E-state index in [9.17, 15) is 4.79 Å². The Balaban J connectivity index is 1.78. The number of rotatable bonds is 4. The van der Waals surface area contributed by atoms with Gasteiger partial charge in [0, 0.05) is 20.3 Å². The van der Waals surface area contributed by atoms with E-state index < -0.39 is 0 Å². The Morgan fingerprint density at radius 1 is 1.38 bits per heavy atom. The van der Waals surface area contributed by atoms with Gasteiger partial charge in [-0.3, -0.25) is 14.6 Å². The van der Waals surface area contributed by atoms with E-state index in [2.05, 4.69) is 30.6 Å². The summed E-state index contributed by atoms with van der Waals surface area (Å²) in [5, 5.41) is 14.8. The van der Waals surface area contributed by atoms with Gasteiger partial charge in [-0.05, 0) is 0 Å². The smallest absolute Gasteiger partial charge is 0.243 e. The zero-order chi connectivity index (χ0) is 14.8. The summed E-state index contributed by atoms with van der Waals surface area (Å²) in [5.74, 6) is 0.608. The predicted molar refractivity (Wildman–Crippen MR) is 75.9 cm³/mol. The zero-order valence-electron chi connectivity index (χ0n) is 11.6. The molecule has 0 saturated heterocycles. The van der Waals surface area contributed by atoms with E-state index in [0.29, 0.717) is 11.5 Å². The summed E-state index contributed by atoms with van der Waals surface area (Å²) >= 11 is 0. The lowest BCUT2D eigenvalue weighted by Crippen LogP contribution is -2.26. The van der Waals surface area contributed by atoms with Crippen molar-refractivity contribution in [3.8, 4) is 0 Å². The van der Waals surface area contributed by atoms with Crippen LogP contribution in [0.4, 0.5) is 11.5 Å². The molecule has 0 spiro atoms. The second-order valence-corrected chi connectivity index (χ2v) is 4.69. The first-order valence-electron chi connectivity index (χ1n) is 6.27. The van der Waals surface area contributed by atoms with Crippen molar-refractivity contribution >= 4 is 28.4 Å². The van der Waals surface area contributed by atoms with Gasteiger partial charge in [0.15, 0.2) is 5.65 Å². The second kappa shape index (κ2) is 5.19. The number of likely N-dealkylation sites (N-methyl/N-ethyl adjacent to an activating group) is 1. The molecular formula is C12H14N8O. The average Bonchev–Trinajstić information content (AvgIpc) is 3.08. The number of fused-ring (bicyclic) bond motifs is 1. The van der Waals surface area contributed by atoms with Crippen LogP contribution in [0.15, 0.2) is 24.9 Å². The monoisotopic (exact) mass is 286 g/mol. The van der Waals surface area contributed by atoms with Gasteiger partial charge in [0.1, 0.15) is 18.7 Å². The molecule has 21 heavy (non-hydrogen) atoms. The maximum absolute atomic E-state index is 11.6. The number of aromatic amines is 1. The third kappa shape index (κ3) is 2.66. The topological polar surface area (TPSA) is 105 Å². The lowest BCUT2D eigenvalue weighted by atomic mass is 10.4. The van der Waals surface area contributed by atoms with Crippen LogP contribution in [-0.2, 0) is 11.3 Å². The van der Waals surface area contributed by atoms with Crippen LogP contribution in [0.1, 0.15) is 0 Å². The number of nitrogens with one attached hydrogen (secondary N) is 2. The summed E-state index contributed by atoms with van der Waals surface area (Å²) in [6.07, 6.45) is 6.48. The lowest BCUT2D eigenvalue weighted by molar-refractivity contribution is -0.129. The van der Waals surface area contributed by atoms with Gasteiger partial charge in [-0.15, -0.1) is 0 Å². The number of hydrogen-bond acceptors (Lipinski definition) is 6. The largest absolute Gasteiger partial charge is 0.347 e. The van der Waals surface area contributed by atoms with Crippen LogP contribution < -0.4 is 5.32 Å². The molecule has 9 heteroatoms. The molecule has 3 aromatic rings. The number of H-pyrrole nitrogens is 1. The molecule has 3 aromatic heterocycles. The highest BCUT2D eigenvalue weighted by Gasteiger charge is 2.09. The Hall–Kier alpha value is -2.97. The molecule has 0 aliphatic rings. The van der Waals surface area contributed by atoms with Gasteiger partial charge >= 0.3 is 0 Å². The average molecular weight is 286 g/mol. The molecule has 1 amide bonds. The van der Waals surface area contributed by atoms with Crippen LogP contribution in [-0.4, -0.2) is 54.8 Å². The van der Waals surface area contributed by atoms with Gasteiger partial charge in [-0.1, -0.05) is 0 Å². The highest BCUT2D eigenvalue weighted by Crippen LogP contribution is 2.20. The summed E-state index contributed by atoms with van der Waals surface area (Å²) in [5.41, 5.74) is 1.39. The van der Waals surface area contributed by atoms with Crippen LogP contribution in [0.5, 0.6) is 0 Å². The van der Waals surface area contributed by atoms with Crippen molar-refractivity contribution in [1.82, 2.24) is 34.8 Å². The highest BCUT2D eigenvalue weighted by molar-refractivity contribution is 5.87. The number of anilines is 2. The zero-order valence-corrected chi connectivity index (χ0v) is 11.6. The SMILES string of the molecule is CN(C)C(=O)Cn1cc(Nc2ncnc3[nH]ncc23)cn1. The third-order valence-electron chi connectivity index (χ3n) is 2.94. The molecule has 0 aromatic carbocycles. The van der Waals surface area contributed by atoms with Crippen LogP contribution in [0.25, 0.3) is 11.0 Å². The third-order valence-corrected chi connectivity index (χ3v) is 2.94. The van der Waals surface area contributed by atoms with E-state index in [1.54, 1.807) is 37.4 Å². The number of carbonyl (C=O) groups excluding carboxylic acids is 1. The molecule has 0 unspecified atom stereocenters. The lowest BCUT2D eigenvalue weighted by Gasteiger charge is -2.09. The Bertz CT molecular complexity index is 774. The summed E-state index contributed by atoms with van der Waals surface area (Å²) in [6, 6.07) is 0. The molecular weight excluding hydrogens is 272 g/mol. The van der Waals surface area contributed by atoms with Crippen molar-refractivity contribution in [2.75, 3.05) is 19.4 Å². The highest BCUT2D eigenvalue weighted by atomic mass is 16.2. The molecule has 0 aliphatic carbocycles. The van der Waals surface area contributed by atoms with Gasteiger partial charge in [0.25, 0.3) is 0 Å². The van der Waals surface area contributed by atoms with Crippen molar-refractivity contribution in [2.45, 2.75) is 6.54 Å². The summed E-state index contributed by atoms with van der Waals surface area (Å²) in [4.78, 5) is 21.4. The number of amides is 1. The Morgan fingerprint density at radius 3 is 3.05 bits per heavy atom.